The first-order valence-electron chi connectivity index (χ1n) is 9.25. The summed E-state index contributed by atoms with van der Waals surface area (Å²) in [5.41, 5.74) is 0. The van der Waals surface area contributed by atoms with Gasteiger partial charge in [-0.2, -0.15) is 0 Å². The van der Waals surface area contributed by atoms with Gasteiger partial charge in [0.15, 0.2) is 0 Å². The molecule has 0 aromatic heterocycles. The Morgan fingerprint density at radius 1 is 0.913 bits per heavy atom. The third-order valence-corrected chi connectivity index (χ3v) is 6.91. The van der Waals surface area contributed by atoms with Crippen LogP contribution in [0, 0.1) is 5.92 Å². The Kier molecular flexibility index (Phi) is 5.24. The standard InChI is InChI=1S/C19H29N3S/c1-2-4-18(5-3-1)23-15-14-20-10-12-22(13-11-20)19-16-21-8-6-17(19)7-9-21/h1-5,17,19H,6-16H2/t19-/m1/s1. The lowest BCUT2D eigenvalue weighted by molar-refractivity contribution is -0.0143. The van der Waals surface area contributed by atoms with E-state index in [1.807, 2.05) is 11.8 Å². The molecule has 4 heterocycles. The van der Waals surface area contributed by atoms with Crippen molar-refractivity contribution < 1.29 is 0 Å². The predicted molar refractivity (Wildman–Crippen MR) is 98.1 cm³/mol. The molecule has 1 aromatic rings. The third-order valence-electron chi connectivity index (χ3n) is 5.92. The smallest absolute Gasteiger partial charge is 0.0253 e. The van der Waals surface area contributed by atoms with Gasteiger partial charge in [0.1, 0.15) is 0 Å². The first-order valence-corrected chi connectivity index (χ1v) is 10.2. The van der Waals surface area contributed by atoms with E-state index in [0.717, 1.165) is 12.0 Å². The molecule has 1 aromatic carbocycles. The predicted octanol–water partition coefficient (Wildman–Crippen LogP) is 2.49. The molecule has 2 bridgehead atoms. The Hall–Kier alpha value is -0.550. The van der Waals surface area contributed by atoms with Gasteiger partial charge in [-0.05, 0) is 44.0 Å². The molecule has 4 fully saturated rings. The molecule has 0 spiro atoms. The lowest BCUT2D eigenvalue weighted by Crippen LogP contribution is -2.61. The van der Waals surface area contributed by atoms with Crippen LogP contribution in [0.15, 0.2) is 35.2 Å². The first-order chi connectivity index (χ1) is 11.4. The molecule has 1 atom stereocenters. The van der Waals surface area contributed by atoms with E-state index in [1.165, 1.54) is 75.8 Å². The summed E-state index contributed by atoms with van der Waals surface area (Å²) >= 11 is 1.99. The highest BCUT2D eigenvalue weighted by molar-refractivity contribution is 7.99. The SMILES string of the molecule is c1ccc(SCCN2CCN([C@@H]3CN4CCC3CC4)CC2)cc1. The van der Waals surface area contributed by atoms with Crippen LogP contribution in [0.1, 0.15) is 12.8 Å². The molecule has 0 N–H and O–H groups in total. The molecular weight excluding hydrogens is 302 g/mol. The molecular formula is C19H29N3S. The van der Waals surface area contributed by atoms with Crippen molar-refractivity contribution in [3.8, 4) is 0 Å². The Bertz CT molecular complexity index is 479. The molecule has 3 nitrogen and oxygen atoms in total. The van der Waals surface area contributed by atoms with E-state index >= 15 is 0 Å². The van der Waals surface area contributed by atoms with E-state index < -0.39 is 0 Å². The van der Waals surface area contributed by atoms with Gasteiger partial charge in [-0.15, -0.1) is 11.8 Å². The number of piperidine rings is 3. The van der Waals surface area contributed by atoms with Crippen molar-refractivity contribution >= 4 is 11.8 Å². The summed E-state index contributed by atoms with van der Waals surface area (Å²) in [5, 5.41) is 0. The number of rotatable bonds is 5. The van der Waals surface area contributed by atoms with Gasteiger partial charge in [0, 0.05) is 56.0 Å². The van der Waals surface area contributed by atoms with Crippen molar-refractivity contribution in [2.75, 3.05) is 58.1 Å². The summed E-state index contributed by atoms with van der Waals surface area (Å²) in [5.74, 6) is 2.20. The minimum absolute atomic E-state index is 0.860. The first kappa shape index (κ1) is 15.9. The molecule has 5 rings (SSSR count). The summed E-state index contributed by atoms with van der Waals surface area (Å²) in [6.45, 7) is 10.4. The molecule has 0 saturated carbocycles. The van der Waals surface area contributed by atoms with Crippen LogP contribution in [0.25, 0.3) is 0 Å². The zero-order valence-corrected chi connectivity index (χ0v) is 14.9. The fraction of sp³-hybridized carbons (Fsp3) is 0.684. The van der Waals surface area contributed by atoms with Gasteiger partial charge in [0.2, 0.25) is 0 Å². The molecule has 0 radical (unpaired) electrons. The number of hydrogen-bond acceptors (Lipinski definition) is 4. The molecule has 0 amide bonds. The normalized spacial score (nSPS) is 32.3. The van der Waals surface area contributed by atoms with Crippen molar-refractivity contribution in [2.24, 2.45) is 5.92 Å². The second-order valence-corrected chi connectivity index (χ2v) is 8.41. The molecule has 126 valence electrons. The molecule has 4 aliphatic rings. The van der Waals surface area contributed by atoms with E-state index in [4.69, 9.17) is 0 Å². The van der Waals surface area contributed by atoms with E-state index in [9.17, 15) is 0 Å². The summed E-state index contributed by atoms with van der Waals surface area (Å²) in [6.07, 6.45) is 2.89. The Morgan fingerprint density at radius 2 is 1.65 bits per heavy atom. The van der Waals surface area contributed by atoms with Crippen LogP contribution in [0.3, 0.4) is 0 Å². The van der Waals surface area contributed by atoms with Gasteiger partial charge >= 0.3 is 0 Å². The monoisotopic (exact) mass is 331 g/mol. The summed E-state index contributed by atoms with van der Waals surface area (Å²) in [6, 6.07) is 11.7. The van der Waals surface area contributed by atoms with Gasteiger partial charge in [-0.1, -0.05) is 18.2 Å². The maximum absolute atomic E-state index is 2.80. The number of thioether (sulfide) groups is 1. The number of benzene rings is 1. The van der Waals surface area contributed by atoms with Crippen LogP contribution in [-0.2, 0) is 0 Å². The number of nitrogens with zero attached hydrogens (tertiary/aromatic N) is 3. The van der Waals surface area contributed by atoms with E-state index in [0.29, 0.717) is 0 Å². The maximum atomic E-state index is 2.80. The van der Waals surface area contributed by atoms with Crippen LogP contribution < -0.4 is 0 Å². The number of piperazine rings is 1. The molecule has 4 heteroatoms. The molecule has 4 saturated heterocycles. The van der Waals surface area contributed by atoms with Gasteiger partial charge < -0.3 is 4.90 Å². The molecule has 0 unspecified atom stereocenters. The van der Waals surface area contributed by atoms with Gasteiger partial charge in [0.25, 0.3) is 0 Å². The Labute approximate surface area is 145 Å². The van der Waals surface area contributed by atoms with Crippen molar-refractivity contribution in [1.82, 2.24) is 14.7 Å². The fourth-order valence-electron chi connectivity index (χ4n) is 4.48. The second kappa shape index (κ2) is 7.56. The highest BCUT2D eigenvalue weighted by Gasteiger charge is 2.38. The van der Waals surface area contributed by atoms with Crippen LogP contribution in [0.5, 0.6) is 0 Å². The second-order valence-electron chi connectivity index (χ2n) is 7.24. The largest absolute Gasteiger partial charge is 0.302 e. The summed E-state index contributed by atoms with van der Waals surface area (Å²) in [4.78, 5) is 9.55. The quantitative estimate of drug-likeness (QED) is 0.767. The number of hydrogen-bond donors (Lipinski definition) is 0. The average Bonchev–Trinajstić information content (AvgIpc) is 2.64. The van der Waals surface area contributed by atoms with Crippen LogP contribution in [-0.4, -0.2) is 78.9 Å². The zero-order valence-electron chi connectivity index (χ0n) is 14.1. The topological polar surface area (TPSA) is 9.72 Å². The Morgan fingerprint density at radius 3 is 2.30 bits per heavy atom. The van der Waals surface area contributed by atoms with E-state index in [2.05, 4.69) is 45.0 Å². The minimum Gasteiger partial charge on any atom is -0.302 e. The molecule has 0 aliphatic carbocycles. The lowest BCUT2D eigenvalue weighted by atomic mass is 9.83. The van der Waals surface area contributed by atoms with Gasteiger partial charge in [-0.3, -0.25) is 9.80 Å². The zero-order chi connectivity index (χ0) is 15.5. The van der Waals surface area contributed by atoms with Crippen LogP contribution in [0.2, 0.25) is 0 Å². The summed E-state index contributed by atoms with van der Waals surface area (Å²) < 4.78 is 0. The van der Waals surface area contributed by atoms with Crippen molar-refractivity contribution in [2.45, 2.75) is 23.8 Å². The fourth-order valence-corrected chi connectivity index (χ4v) is 5.41. The van der Waals surface area contributed by atoms with Crippen LogP contribution >= 0.6 is 11.8 Å². The maximum Gasteiger partial charge on any atom is 0.0253 e. The van der Waals surface area contributed by atoms with E-state index in [1.54, 1.807) is 0 Å². The minimum atomic E-state index is 0.860. The van der Waals surface area contributed by atoms with Gasteiger partial charge in [0.05, 0.1) is 0 Å². The highest BCUT2D eigenvalue weighted by atomic mass is 32.2. The van der Waals surface area contributed by atoms with Crippen molar-refractivity contribution in [3.05, 3.63) is 30.3 Å². The average molecular weight is 332 g/mol. The van der Waals surface area contributed by atoms with Gasteiger partial charge in [-0.25, -0.2) is 0 Å². The lowest BCUT2D eigenvalue weighted by Gasteiger charge is -2.51. The third kappa shape index (κ3) is 3.93. The van der Waals surface area contributed by atoms with E-state index in [-0.39, 0.29) is 0 Å². The molecule has 4 aliphatic heterocycles. The van der Waals surface area contributed by atoms with Crippen molar-refractivity contribution in [1.29, 1.82) is 0 Å². The Balaban J connectivity index is 1.19. The summed E-state index contributed by atoms with van der Waals surface area (Å²) in [7, 11) is 0. The van der Waals surface area contributed by atoms with Crippen molar-refractivity contribution in [3.63, 3.8) is 0 Å². The number of fused-ring (bicyclic) bond motifs is 3. The van der Waals surface area contributed by atoms with Crippen LogP contribution in [0.4, 0.5) is 0 Å². The molecule has 23 heavy (non-hydrogen) atoms. The highest BCUT2D eigenvalue weighted by Crippen LogP contribution is 2.31.